The summed E-state index contributed by atoms with van der Waals surface area (Å²) >= 11 is 3.53. The van der Waals surface area contributed by atoms with Crippen molar-refractivity contribution in [3.8, 4) is 11.6 Å². The highest BCUT2D eigenvalue weighted by molar-refractivity contribution is 9.11. The van der Waals surface area contributed by atoms with E-state index in [1.54, 1.807) is 12.1 Å². The normalized spacial score (nSPS) is 12.1. The van der Waals surface area contributed by atoms with Crippen LogP contribution in [0.5, 0.6) is 11.6 Å². The highest BCUT2D eigenvalue weighted by atomic mass is 79.9. The molecule has 2 heterocycles. The predicted octanol–water partition coefficient (Wildman–Crippen LogP) is 7.29. The van der Waals surface area contributed by atoms with Crippen LogP contribution in [0.1, 0.15) is 32.0 Å². The van der Waals surface area contributed by atoms with Gasteiger partial charge in [-0.25, -0.2) is 4.98 Å². The minimum absolute atomic E-state index is 0.0287. The lowest BCUT2D eigenvalue weighted by Crippen LogP contribution is -2.12. The first-order chi connectivity index (χ1) is 13.4. The number of thiazole rings is 1. The molecule has 3 aromatic rings. The fraction of sp³-hybridized carbons (Fsp3) is 0.263. The van der Waals surface area contributed by atoms with E-state index in [4.69, 9.17) is 4.74 Å². The van der Waals surface area contributed by atoms with Crippen molar-refractivity contribution in [3.63, 3.8) is 0 Å². The number of para-hydroxylation sites is 1. The first kappa shape index (κ1) is 21.5. The molecule has 1 aromatic carbocycles. The minimum atomic E-state index is -4.61. The van der Waals surface area contributed by atoms with E-state index in [1.165, 1.54) is 12.1 Å². The molecule has 10 heteroatoms. The van der Waals surface area contributed by atoms with Crippen LogP contribution in [-0.4, -0.2) is 9.97 Å². The Bertz CT molecular complexity index is 1030. The molecule has 0 radical (unpaired) electrons. The zero-order valence-corrected chi connectivity index (χ0v) is 18.0. The number of ether oxygens (including phenoxy) is 1. The third-order valence-corrected chi connectivity index (χ3v) is 5.45. The topological polar surface area (TPSA) is 47.0 Å². The van der Waals surface area contributed by atoms with Crippen LogP contribution in [0.15, 0.2) is 40.2 Å². The molecule has 0 atom stereocenters. The number of anilines is 2. The molecule has 3 rings (SSSR count). The molecule has 0 amide bonds. The summed E-state index contributed by atoms with van der Waals surface area (Å²) in [5.41, 5.74) is -0.448. The van der Waals surface area contributed by atoms with Gasteiger partial charge in [-0.15, -0.1) is 0 Å². The summed E-state index contributed by atoms with van der Waals surface area (Å²) in [6.07, 6.45) is -4.61. The number of rotatable bonds is 4. The molecule has 0 aliphatic heterocycles. The summed E-state index contributed by atoms with van der Waals surface area (Å²) in [7, 11) is 0. The summed E-state index contributed by atoms with van der Waals surface area (Å²) in [4.78, 5) is 7.21. The summed E-state index contributed by atoms with van der Waals surface area (Å²) in [5, 5.41) is 2.40. The SMILES string of the molecule is CC(C)(C)c1ccccc1Oc1ccc(Nc2nc(C(F)(F)F)c(Br)s2)c(F)n1. The number of halogens is 5. The molecule has 29 heavy (non-hydrogen) atoms. The van der Waals surface area contributed by atoms with Crippen LogP contribution >= 0.6 is 27.3 Å². The smallest absolute Gasteiger partial charge is 0.435 e. The van der Waals surface area contributed by atoms with E-state index in [0.29, 0.717) is 17.1 Å². The van der Waals surface area contributed by atoms with Gasteiger partial charge in [0, 0.05) is 11.6 Å². The van der Waals surface area contributed by atoms with Crippen molar-refractivity contribution in [3.05, 3.63) is 57.4 Å². The van der Waals surface area contributed by atoms with E-state index in [-0.39, 0.29) is 25.9 Å². The first-order valence-electron chi connectivity index (χ1n) is 8.39. The van der Waals surface area contributed by atoms with Crippen molar-refractivity contribution in [1.82, 2.24) is 9.97 Å². The van der Waals surface area contributed by atoms with Gasteiger partial charge in [0.15, 0.2) is 10.8 Å². The molecule has 2 aromatic heterocycles. The van der Waals surface area contributed by atoms with Crippen molar-refractivity contribution >= 4 is 38.1 Å². The molecule has 0 aliphatic carbocycles. The number of aromatic nitrogens is 2. The molecule has 1 N–H and O–H groups in total. The molecule has 0 bridgehead atoms. The zero-order valence-electron chi connectivity index (χ0n) is 15.6. The second-order valence-electron chi connectivity index (χ2n) is 7.10. The van der Waals surface area contributed by atoms with Crippen LogP contribution in [0.3, 0.4) is 0 Å². The van der Waals surface area contributed by atoms with E-state index in [9.17, 15) is 17.6 Å². The van der Waals surface area contributed by atoms with Crippen molar-refractivity contribution < 1.29 is 22.3 Å². The quantitative estimate of drug-likeness (QED) is 0.308. The summed E-state index contributed by atoms with van der Waals surface area (Å²) in [5.74, 6) is -0.344. The van der Waals surface area contributed by atoms with Gasteiger partial charge in [0.25, 0.3) is 0 Å². The molecule has 4 nitrogen and oxygen atoms in total. The van der Waals surface area contributed by atoms with Crippen LogP contribution in [0.25, 0.3) is 0 Å². The minimum Gasteiger partial charge on any atom is -0.439 e. The van der Waals surface area contributed by atoms with E-state index < -0.39 is 17.8 Å². The van der Waals surface area contributed by atoms with Gasteiger partial charge < -0.3 is 10.1 Å². The van der Waals surface area contributed by atoms with Gasteiger partial charge in [-0.05, 0) is 33.5 Å². The number of hydrogen-bond acceptors (Lipinski definition) is 5. The van der Waals surface area contributed by atoms with Crippen LogP contribution in [0.4, 0.5) is 28.4 Å². The van der Waals surface area contributed by atoms with Gasteiger partial charge in [-0.2, -0.15) is 22.5 Å². The number of hydrogen-bond donors (Lipinski definition) is 1. The maximum atomic E-state index is 14.4. The molecule has 154 valence electrons. The number of nitrogens with zero attached hydrogens (tertiary/aromatic N) is 2. The number of benzene rings is 1. The summed E-state index contributed by atoms with van der Waals surface area (Å²) in [6.45, 7) is 6.08. The Labute approximate surface area is 177 Å². The number of nitrogens with one attached hydrogen (secondary N) is 1. The second-order valence-corrected chi connectivity index (χ2v) is 9.42. The van der Waals surface area contributed by atoms with Crippen LogP contribution in [0.2, 0.25) is 0 Å². The molecule has 0 saturated carbocycles. The standard InChI is InChI=1S/C19H16BrF4N3OS/c1-18(2,3)10-6-4-5-7-12(10)28-13-9-8-11(16(21)26-13)25-17-27-14(15(20)29-17)19(22,23)24/h4-9H,1-3H3,(H,25,27). The maximum Gasteiger partial charge on any atom is 0.435 e. The van der Waals surface area contributed by atoms with Gasteiger partial charge in [-0.3, -0.25) is 0 Å². The van der Waals surface area contributed by atoms with Crippen molar-refractivity contribution in [1.29, 1.82) is 0 Å². The highest BCUT2D eigenvalue weighted by Crippen LogP contribution is 2.40. The van der Waals surface area contributed by atoms with E-state index in [2.05, 4.69) is 31.2 Å². The lowest BCUT2D eigenvalue weighted by Gasteiger charge is -2.22. The summed E-state index contributed by atoms with van der Waals surface area (Å²) < 4.78 is 58.5. The van der Waals surface area contributed by atoms with Gasteiger partial charge in [0.2, 0.25) is 11.8 Å². The van der Waals surface area contributed by atoms with Crippen LogP contribution in [-0.2, 0) is 11.6 Å². The molecule has 0 aliphatic rings. The zero-order chi connectivity index (χ0) is 21.4. The van der Waals surface area contributed by atoms with Crippen molar-refractivity contribution in [2.24, 2.45) is 0 Å². The number of pyridine rings is 1. The Morgan fingerprint density at radius 1 is 1.03 bits per heavy atom. The van der Waals surface area contributed by atoms with Crippen molar-refractivity contribution in [2.45, 2.75) is 32.4 Å². The lowest BCUT2D eigenvalue weighted by molar-refractivity contribution is -0.141. The van der Waals surface area contributed by atoms with E-state index in [1.807, 2.05) is 32.9 Å². The molecule has 0 unspecified atom stereocenters. The average molecular weight is 490 g/mol. The van der Waals surface area contributed by atoms with Gasteiger partial charge in [0.05, 0.1) is 5.69 Å². The fourth-order valence-electron chi connectivity index (χ4n) is 2.50. The Morgan fingerprint density at radius 2 is 1.72 bits per heavy atom. The average Bonchev–Trinajstić information content (AvgIpc) is 2.98. The molecule has 0 spiro atoms. The maximum absolute atomic E-state index is 14.4. The third kappa shape index (κ3) is 5.05. The Kier molecular flexibility index (Phi) is 5.86. The van der Waals surface area contributed by atoms with Gasteiger partial charge >= 0.3 is 6.18 Å². The molecule has 0 fully saturated rings. The largest absolute Gasteiger partial charge is 0.439 e. The molecular weight excluding hydrogens is 474 g/mol. The Hall–Kier alpha value is -2.20. The highest BCUT2D eigenvalue weighted by Gasteiger charge is 2.37. The van der Waals surface area contributed by atoms with Crippen LogP contribution in [0, 0.1) is 5.95 Å². The molecular formula is C19H16BrF4N3OS. The van der Waals surface area contributed by atoms with E-state index in [0.717, 1.165) is 5.56 Å². The monoisotopic (exact) mass is 489 g/mol. The third-order valence-electron chi connectivity index (χ3n) is 3.83. The van der Waals surface area contributed by atoms with Gasteiger partial charge in [0.1, 0.15) is 9.54 Å². The second kappa shape index (κ2) is 7.91. The Balaban J connectivity index is 1.82. The predicted molar refractivity (Wildman–Crippen MR) is 108 cm³/mol. The van der Waals surface area contributed by atoms with E-state index >= 15 is 0 Å². The van der Waals surface area contributed by atoms with Crippen LogP contribution < -0.4 is 10.1 Å². The molecule has 0 saturated heterocycles. The lowest BCUT2D eigenvalue weighted by atomic mass is 9.86. The van der Waals surface area contributed by atoms with Crippen molar-refractivity contribution in [2.75, 3.05) is 5.32 Å². The fourth-order valence-corrected chi connectivity index (χ4v) is 4.00. The number of alkyl halides is 3. The Morgan fingerprint density at radius 3 is 2.31 bits per heavy atom. The summed E-state index contributed by atoms with van der Waals surface area (Å²) in [6, 6.07) is 10.1. The first-order valence-corrected chi connectivity index (χ1v) is 10.0. The van der Waals surface area contributed by atoms with Gasteiger partial charge in [-0.1, -0.05) is 50.3 Å².